The molecule has 0 radical (unpaired) electrons. The van der Waals surface area contributed by atoms with Crippen molar-refractivity contribution in [2.75, 3.05) is 20.8 Å². The Morgan fingerprint density at radius 1 is 1.04 bits per heavy atom. The molecule has 0 amide bonds. The highest BCUT2D eigenvalue weighted by atomic mass is 31.2. The summed E-state index contributed by atoms with van der Waals surface area (Å²) in [5.74, 6) is 0.532. The van der Waals surface area contributed by atoms with Crippen LogP contribution in [0.3, 0.4) is 0 Å². The zero-order valence-corrected chi connectivity index (χ0v) is 16.3. The van der Waals surface area contributed by atoms with E-state index in [1.54, 1.807) is 0 Å². The van der Waals surface area contributed by atoms with Crippen molar-refractivity contribution in [1.29, 1.82) is 0 Å². The molecule has 0 fully saturated rings. The topological polar surface area (TPSA) is 47.6 Å². The molecule has 1 N–H and O–H groups in total. The van der Waals surface area contributed by atoms with E-state index in [0.29, 0.717) is 12.5 Å². The molecule has 0 aromatic heterocycles. The van der Waals surface area contributed by atoms with Crippen LogP contribution in [0.1, 0.15) is 53.9 Å². The minimum atomic E-state index is -3.15. The Bertz CT molecular complexity index is 795. The van der Waals surface area contributed by atoms with Crippen molar-refractivity contribution in [1.82, 2.24) is 5.09 Å². The van der Waals surface area contributed by atoms with Crippen LogP contribution in [0.2, 0.25) is 0 Å². The highest BCUT2D eigenvalue weighted by molar-refractivity contribution is 7.51. The van der Waals surface area contributed by atoms with Crippen LogP contribution in [0.4, 0.5) is 0 Å². The average Bonchev–Trinajstić information content (AvgIpc) is 2.72. The monoisotopic (exact) mass is 371 g/mol. The fourth-order valence-corrected chi connectivity index (χ4v) is 5.80. The smallest absolute Gasteiger partial charge is 0.300 e. The van der Waals surface area contributed by atoms with Gasteiger partial charge in [0.2, 0.25) is 0 Å². The largest absolute Gasteiger partial charge is 0.404 e. The molecule has 5 heteroatoms. The maximum absolute atomic E-state index is 12.2. The highest BCUT2D eigenvalue weighted by Gasteiger charge is 2.47. The van der Waals surface area contributed by atoms with Crippen molar-refractivity contribution in [3.05, 3.63) is 70.8 Å². The Kier molecular flexibility index (Phi) is 4.79. The molecule has 138 valence electrons. The van der Waals surface area contributed by atoms with Gasteiger partial charge in [-0.3, -0.25) is 0 Å². The third-order valence-electron chi connectivity index (χ3n) is 6.13. The fraction of sp³-hybridized carbons (Fsp3) is 0.429. The maximum Gasteiger partial charge on any atom is 0.404 e. The lowest BCUT2D eigenvalue weighted by Gasteiger charge is -2.50. The van der Waals surface area contributed by atoms with Gasteiger partial charge in [0.25, 0.3) is 0 Å². The average molecular weight is 371 g/mol. The Balaban J connectivity index is 1.62. The summed E-state index contributed by atoms with van der Waals surface area (Å²) in [5, 5.41) is 2.95. The first kappa shape index (κ1) is 17.9. The van der Waals surface area contributed by atoms with Gasteiger partial charge in [-0.05, 0) is 47.9 Å². The van der Waals surface area contributed by atoms with Crippen molar-refractivity contribution < 1.29 is 13.6 Å². The minimum absolute atomic E-state index is 0.0632. The van der Waals surface area contributed by atoms with Crippen LogP contribution in [0.5, 0.6) is 0 Å². The lowest BCUT2D eigenvalue weighted by atomic mass is 9.54. The molecular formula is C21H26NO3P. The van der Waals surface area contributed by atoms with Gasteiger partial charge < -0.3 is 9.05 Å². The number of hydrogen-bond donors (Lipinski definition) is 1. The molecule has 4 nitrogen and oxygen atoms in total. The van der Waals surface area contributed by atoms with Crippen molar-refractivity contribution >= 4 is 7.75 Å². The quantitative estimate of drug-likeness (QED) is 0.551. The van der Waals surface area contributed by atoms with Gasteiger partial charge >= 0.3 is 7.75 Å². The molecule has 0 heterocycles. The molecule has 2 aromatic rings. The number of fused-ring (bicyclic) bond motifs is 1. The SMILES string of the molecule is COP(=O)(NCCCC12CCC(c3ccccc31)c1ccccc12)OC. The van der Waals surface area contributed by atoms with Crippen LogP contribution >= 0.6 is 7.75 Å². The van der Waals surface area contributed by atoms with Gasteiger partial charge in [0.15, 0.2) is 0 Å². The number of hydrogen-bond acceptors (Lipinski definition) is 3. The first-order chi connectivity index (χ1) is 12.6. The summed E-state index contributed by atoms with van der Waals surface area (Å²) in [6.45, 7) is 0.606. The summed E-state index contributed by atoms with van der Waals surface area (Å²) < 4.78 is 22.1. The standard InChI is InChI=1S/C21H26NO3P/c1-24-26(23,25-2)22-15-7-13-21-14-12-16(17-8-3-5-10-19(17)21)18-9-4-6-11-20(18)21/h3-6,8-11,16H,7,12-15H2,1-2H3,(H,22,23). The lowest BCUT2D eigenvalue weighted by molar-refractivity contribution is 0.262. The first-order valence-corrected chi connectivity index (χ1v) is 10.8. The molecule has 3 aliphatic rings. The molecule has 3 aliphatic carbocycles. The number of nitrogens with one attached hydrogen (secondary N) is 1. The summed E-state index contributed by atoms with van der Waals surface area (Å²) in [6, 6.07) is 17.8. The van der Waals surface area contributed by atoms with Crippen LogP contribution in [-0.4, -0.2) is 20.8 Å². The zero-order valence-electron chi connectivity index (χ0n) is 15.4. The predicted octanol–water partition coefficient (Wildman–Crippen LogP) is 4.98. The van der Waals surface area contributed by atoms with E-state index in [4.69, 9.17) is 9.05 Å². The second-order valence-corrected chi connectivity index (χ2v) is 9.26. The van der Waals surface area contributed by atoms with E-state index in [-0.39, 0.29) is 5.41 Å². The molecule has 2 bridgehead atoms. The summed E-state index contributed by atoms with van der Waals surface area (Å²) in [6.07, 6.45) is 4.31. The van der Waals surface area contributed by atoms with Crippen LogP contribution in [0.15, 0.2) is 48.5 Å². The van der Waals surface area contributed by atoms with Crippen LogP contribution in [0, 0.1) is 0 Å². The van der Waals surface area contributed by atoms with Gasteiger partial charge in [-0.15, -0.1) is 0 Å². The van der Waals surface area contributed by atoms with E-state index in [9.17, 15) is 4.57 Å². The third kappa shape index (κ3) is 2.76. The second kappa shape index (κ2) is 6.94. The molecule has 0 spiro atoms. The molecule has 0 saturated heterocycles. The summed E-state index contributed by atoms with van der Waals surface area (Å²) in [5.41, 5.74) is 6.01. The lowest BCUT2D eigenvalue weighted by Crippen LogP contribution is -2.40. The van der Waals surface area contributed by atoms with Gasteiger partial charge in [0, 0.05) is 32.1 Å². The number of benzene rings is 2. The molecule has 0 unspecified atom stereocenters. The molecule has 26 heavy (non-hydrogen) atoms. The normalized spacial score (nSPS) is 23.5. The maximum atomic E-state index is 12.2. The van der Waals surface area contributed by atoms with Crippen LogP contribution in [0.25, 0.3) is 0 Å². The molecule has 2 aromatic carbocycles. The van der Waals surface area contributed by atoms with Crippen molar-refractivity contribution in [2.24, 2.45) is 0 Å². The molecule has 5 rings (SSSR count). The van der Waals surface area contributed by atoms with Gasteiger partial charge in [0.05, 0.1) is 0 Å². The van der Waals surface area contributed by atoms with Gasteiger partial charge in [-0.25, -0.2) is 9.65 Å². The Morgan fingerprint density at radius 2 is 1.62 bits per heavy atom. The zero-order chi connectivity index (χ0) is 18.2. The van der Waals surface area contributed by atoms with Crippen LogP contribution in [-0.2, 0) is 19.0 Å². The predicted molar refractivity (Wildman–Crippen MR) is 104 cm³/mol. The van der Waals surface area contributed by atoms with E-state index >= 15 is 0 Å². The summed E-state index contributed by atoms with van der Waals surface area (Å²) in [7, 11) is -0.339. The molecule has 0 atom stereocenters. The van der Waals surface area contributed by atoms with Crippen molar-refractivity contribution in [3.8, 4) is 0 Å². The Labute approximate surface area is 155 Å². The third-order valence-corrected chi connectivity index (χ3v) is 7.70. The summed E-state index contributed by atoms with van der Waals surface area (Å²) >= 11 is 0. The fourth-order valence-electron chi connectivity index (χ4n) is 4.96. The van der Waals surface area contributed by atoms with Crippen molar-refractivity contribution in [2.45, 2.75) is 37.0 Å². The first-order valence-electron chi connectivity index (χ1n) is 9.29. The van der Waals surface area contributed by atoms with E-state index in [2.05, 4.69) is 53.6 Å². The highest BCUT2D eigenvalue weighted by Crippen LogP contribution is 2.58. The Morgan fingerprint density at radius 3 is 2.19 bits per heavy atom. The summed E-state index contributed by atoms with van der Waals surface area (Å²) in [4.78, 5) is 0. The molecular weight excluding hydrogens is 345 g/mol. The molecule has 0 aliphatic heterocycles. The second-order valence-electron chi connectivity index (χ2n) is 7.22. The van der Waals surface area contributed by atoms with E-state index in [1.807, 2.05) is 0 Å². The van der Waals surface area contributed by atoms with E-state index in [1.165, 1.54) is 49.3 Å². The van der Waals surface area contributed by atoms with Crippen molar-refractivity contribution in [3.63, 3.8) is 0 Å². The van der Waals surface area contributed by atoms with Crippen LogP contribution < -0.4 is 5.09 Å². The van der Waals surface area contributed by atoms with Gasteiger partial charge in [0.1, 0.15) is 0 Å². The number of rotatable bonds is 7. The van der Waals surface area contributed by atoms with E-state index in [0.717, 1.165) is 12.8 Å². The van der Waals surface area contributed by atoms with Gasteiger partial charge in [-0.1, -0.05) is 48.5 Å². The van der Waals surface area contributed by atoms with E-state index < -0.39 is 7.75 Å². The minimum Gasteiger partial charge on any atom is -0.300 e. The van der Waals surface area contributed by atoms with Gasteiger partial charge in [-0.2, -0.15) is 0 Å². The Hall–Kier alpha value is -1.45. The molecule has 0 saturated carbocycles.